The molecule has 0 saturated carbocycles. The molecule has 0 aromatic heterocycles. The third-order valence-corrected chi connectivity index (χ3v) is 8.24. The molecule has 0 heterocycles. The maximum Gasteiger partial charge on any atom is 0.264 e. The van der Waals surface area contributed by atoms with E-state index in [1.165, 1.54) is 4.31 Å². The number of benzene rings is 4. The van der Waals surface area contributed by atoms with Gasteiger partial charge in [-0.05, 0) is 66.4 Å². The molecule has 0 spiro atoms. The summed E-state index contributed by atoms with van der Waals surface area (Å²) >= 11 is 6.25. The number of rotatable bonds is 9. The van der Waals surface area contributed by atoms with Gasteiger partial charge in [-0.15, -0.1) is 0 Å². The number of hydrogen-bond acceptors (Lipinski definition) is 3. The first-order chi connectivity index (χ1) is 17.8. The minimum Gasteiger partial charge on any atom is -0.345 e. The van der Waals surface area contributed by atoms with Gasteiger partial charge in [0.2, 0.25) is 0 Å². The summed E-state index contributed by atoms with van der Waals surface area (Å²) in [7, 11) is -3.87. The number of halogens is 1. The Balaban J connectivity index is 1.60. The lowest BCUT2D eigenvalue weighted by Crippen LogP contribution is -2.31. The van der Waals surface area contributed by atoms with Gasteiger partial charge in [0.05, 0.1) is 23.2 Å². The molecule has 4 aromatic carbocycles. The van der Waals surface area contributed by atoms with Crippen molar-refractivity contribution in [1.82, 2.24) is 5.32 Å². The molecule has 4 rings (SSSR count). The molecular formula is C30H29ClN2O3S. The monoisotopic (exact) mass is 532 g/mol. The minimum atomic E-state index is -3.87. The van der Waals surface area contributed by atoms with E-state index in [0.717, 1.165) is 23.1 Å². The van der Waals surface area contributed by atoms with Gasteiger partial charge in [0.25, 0.3) is 15.9 Å². The van der Waals surface area contributed by atoms with Crippen LogP contribution in [0, 0.1) is 6.92 Å². The summed E-state index contributed by atoms with van der Waals surface area (Å²) in [5, 5.41) is 3.53. The topological polar surface area (TPSA) is 66.5 Å². The lowest BCUT2D eigenvalue weighted by molar-refractivity contribution is 0.0935. The molecule has 0 radical (unpaired) electrons. The van der Waals surface area contributed by atoms with Crippen molar-refractivity contribution in [3.63, 3.8) is 0 Å². The summed E-state index contributed by atoms with van der Waals surface area (Å²) in [4.78, 5) is 13.1. The SMILES string of the molecule is CC[C@@H](NC(=O)c1ccc(CN(c2cc(Cl)ccc2C)S(=O)(=O)c2ccccc2)cc1)c1ccccc1. The third kappa shape index (κ3) is 6.21. The second-order valence-electron chi connectivity index (χ2n) is 8.80. The highest BCUT2D eigenvalue weighted by Crippen LogP contribution is 2.31. The van der Waals surface area contributed by atoms with Crippen LogP contribution < -0.4 is 9.62 Å². The molecule has 4 aromatic rings. The van der Waals surface area contributed by atoms with Gasteiger partial charge in [0.15, 0.2) is 0 Å². The van der Waals surface area contributed by atoms with Crippen molar-refractivity contribution in [3.05, 3.63) is 130 Å². The Morgan fingerprint density at radius 3 is 2.14 bits per heavy atom. The second-order valence-corrected chi connectivity index (χ2v) is 11.1. The third-order valence-electron chi connectivity index (χ3n) is 6.23. The fraction of sp³-hybridized carbons (Fsp3) is 0.167. The molecule has 0 aliphatic heterocycles. The number of carbonyl (C=O) groups excluding carboxylic acids is 1. The average Bonchev–Trinajstić information content (AvgIpc) is 2.93. The first kappa shape index (κ1) is 26.5. The molecule has 0 aliphatic carbocycles. The Morgan fingerprint density at radius 1 is 0.892 bits per heavy atom. The van der Waals surface area contributed by atoms with E-state index in [2.05, 4.69) is 5.32 Å². The molecule has 5 nitrogen and oxygen atoms in total. The van der Waals surface area contributed by atoms with Crippen molar-refractivity contribution in [1.29, 1.82) is 0 Å². The highest BCUT2D eigenvalue weighted by atomic mass is 35.5. The summed E-state index contributed by atoms with van der Waals surface area (Å²) in [5.74, 6) is -0.179. The normalized spacial score (nSPS) is 12.1. The van der Waals surface area contributed by atoms with Crippen LogP contribution in [0.1, 0.15) is 46.4 Å². The van der Waals surface area contributed by atoms with Crippen molar-refractivity contribution in [3.8, 4) is 0 Å². The first-order valence-electron chi connectivity index (χ1n) is 12.1. The van der Waals surface area contributed by atoms with Crippen LogP contribution in [0.15, 0.2) is 108 Å². The number of amides is 1. The summed E-state index contributed by atoms with van der Waals surface area (Å²) in [6.07, 6.45) is 0.763. The number of nitrogens with one attached hydrogen (secondary N) is 1. The zero-order valence-electron chi connectivity index (χ0n) is 20.8. The van der Waals surface area contributed by atoms with Crippen molar-refractivity contribution in [2.24, 2.45) is 0 Å². The molecule has 190 valence electrons. The highest BCUT2D eigenvalue weighted by Gasteiger charge is 2.26. The predicted molar refractivity (Wildman–Crippen MR) is 149 cm³/mol. The fourth-order valence-corrected chi connectivity index (χ4v) is 5.84. The molecule has 0 saturated heterocycles. The number of nitrogens with zero attached hydrogens (tertiary/aromatic N) is 1. The zero-order chi connectivity index (χ0) is 26.4. The van der Waals surface area contributed by atoms with Gasteiger partial charge in [-0.1, -0.05) is 85.3 Å². The summed E-state index contributed by atoms with van der Waals surface area (Å²) in [6.45, 7) is 3.96. The second kappa shape index (κ2) is 11.6. The molecule has 0 unspecified atom stereocenters. The first-order valence-corrected chi connectivity index (χ1v) is 13.9. The van der Waals surface area contributed by atoms with E-state index < -0.39 is 10.0 Å². The van der Waals surface area contributed by atoms with Crippen LogP contribution in [-0.2, 0) is 16.6 Å². The van der Waals surface area contributed by atoms with Crippen LogP contribution in [0.5, 0.6) is 0 Å². The van der Waals surface area contributed by atoms with Gasteiger partial charge >= 0.3 is 0 Å². The van der Waals surface area contributed by atoms with Gasteiger partial charge in [-0.3, -0.25) is 9.10 Å². The summed E-state index contributed by atoms with van der Waals surface area (Å²) < 4.78 is 28.7. The molecule has 1 atom stereocenters. The molecular weight excluding hydrogens is 504 g/mol. The van der Waals surface area contributed by atoms with Crippen LogP contribution in [0.3, 0.4) is 0 Å². The van der Waals surface area contributed by atoms with E-state index in [0.29, 0.717) is 16.3 Å². The molecule has 1 N–H and O–H groups in total. The van der Waals surface area contributed by atoms with Crippen LogP contribution in [0.25, 0.3) is 0 Å². The van der Waals surface area contributed by atoms with Gasteiger partial charge in [0.1, 0.15) is 0 Å². The smallest absolute Gasteiger partial charge is 0.264 e. The number of hydrogen-bond donors (Lipinski definition) is 1. The Bertz CT molecular complexity index is 1460. The number of sulfonamides is 1. The van der Waals surface area contributed by atoms with Gasteiger partial charge in [-0.2, -0.15) is 0 Å². The average molecular weight is 533 g/mol. The van der Waals surface area contributed by atoms with Gasteiger partial charge in [-0.25, -0.2) is 8.42 Å². The molecule has 7 heteroatoms. The predicted octanol–water partition coefficient (Wildman–Crippen LogP) is 6.93. The van der Waals surface area contributed by atoms with E-state index in [4.69, 9.17) is 11.6 Å². The summed E-state index contributed by atoms with van der Waals surface area (Å²) in [6, 6.07) is 30.3. The molecule has 0 aliphatic rings. The largest absolute Gasteiger partial charge is 0.345 e. The number of carbonyl (C=O) groups is 1. The maximum atomic E-state index is 13.7. The molecule has 0 fully saturated rings. The lowest BCUT2D eigenvalue weighted by Gasteiger charge is -2.26. The zero-order valence-corrected chi connectivity index (χ0v) is 22.3. The van der Waals surface area contributed by atoms with E-state index in [1.807, 2.05) is 44.2 Å². The van der Waals surface area contributed by atoms with Crippen LogP contribution in [-0.4, -0.2) is 14.3 Å². The molecule has 37 heavy (non-hydrogen) atoms. The lowest BCUT2D eigenvalue weighted by atomic mass is 10.0. The number of anilines is 1. The molecule has 0 bridgehead atoms. The number of aryl methyl sites for hydroxylation is 1. The minimum absolute atomic E-state index is 0.0852. The summed E-state index contributed by atoms with van der Waals surface area (Å²) in [5.41, 5.74) is 3.59. The standard InChI is InChI=1S/C30H29ClN2O3S/c1-3-28(24-10-6-4-7-11-24)32-30(34)25-17-15-23(16-18-25)21-33(29-20-26(31)19-14-22(29)2)37(35,36)27-12-8-5-9-13-27/h4-20,28H,3,21H2,1-2H3,(H,32,34)/t28-/m1/s1. The Labute approximate surface area is 223 Å². The van der Waals surface area contributed by atoms with Crippen LogP contribution in [0.2, 0.25) is 5.02 Å². The Kier molecular flexibility index (Phi) is 8.31. The Morgan fingerprint density at radius 2 is 1.51 bits per heavy atom. The van der Waals surface area contributed by atoms with E-state index >= 15 is 0 Å². The van der Waals surface area contributed by atoms with Gasteiger partial charge in [0, 0.05) is 10.6 Å². The molecule has 1 amide bonds. The van der Waals surface area contributed by atoms with Crippen molar-refractivity contribution >= 4 is 33.2 Å². The van der Waals surface area contributed by atoms with Crippen LogP contribution >= 0.6 is 11.6 Å². The highest BCUT2D eigenvalue weighted by molar-refractivity contribution is 7.92. The van der Waals surface area contributed by atoms with Crippen LogP contribution in [0.4, 0.5) is 5.69 Å². The van der Waals surface area contributed by atoms with E-state index in [1.54, 1.807) is 72.8 Å². The quantitative estimate of drug-likeness (QED) is 0.254. The Hall–Kier alpha value is -3.61. The van der Waals surface area contributed by atoms with Crippen molar-refractivity contribution in [2.45, 2.75) is 37.8 Å². The van der Waals surface area contributed by atoms with Crippen molar-refractivity contribution in [2.75, 3.05) is 4.31 Å². The van der Waals surface area contributed by atoms with E-state index in [-0.39, 0.29) is 23.4 Å². The maximum absolute atomic E-state index is 13.7. The van der Waals surface area contributed by atoms with E-state index in [9.17, 15) is 13.2 Å². The van der Waals surface area contributed by atoms with Gasteiger partial charge < -0.3 is 5.32 Å². The fourth-order valence-electron chi connectivity index (χ4n) is 4.15. The van der Waals surface area contributed by atoms with Crippen molar-refractivity contribution < 1.29 is 13.2 Å².